The molecule has 0 heterocycles. The summed E-state index contributed by atoms with van der Waals surface area (Å²) in [6.07, 6.45) is 0. The van der Waals surface area contributed by atoms with Crippen LogP contribution < -0.4 is 0 Å². The average Bonchev–Trinajstić information content (AvgIpc) is 0.811. The fraction of sp³-hybridized carbons (Fsp3) is 0. The number of hydrogen-bond donors (Lipinski definition) is 2. The maximum atomic E-state index is 8.74. The summed E-state index contributed by atoms with van der Waals surface area (Å²) in [5, 5.41) is 0. The second kappa shape index (κ2) is 30.2. The van der Waals surface area contributed by atoms with Gasteiger partial charge in [0.2, 0.25) is 0 Å². The second-order valence-corrected chi connectivity index (χ2v) is 0.848. The summed E-state index contributed by atoms with van der Waals surface area (Å²) >= 11 is 0. The van der Waals surface area contributed by atoms with E-state index in [1.165, 1.54) is 0 Å². The Bertz CT molecular complexity index is 35.2. The average molecular weight is 240 g/mol. The van der Waals surface area contributed by atoms with Gasteiger partial charge < -0.3 is 20.5 Å². The van der Waals surface area contributed by atoms with E-state index in [1.54, 1.807) is 0 Å². The minimum absolute atomic E-state index is 0. The molecule has 0 rings (SSSR count). The Balaban J connectivity index is -0.00000000450. The fourth-order valence-electron chi connectivity index (χ4n) is 0. The zero-order valence-electron chi connectivity index (χ0n) is 2.80. The van der Waals surface area contributed by atoms with Crippen LogP contribution >= 0.6 is 0 Å². The number of rotatable bonds is 0. The van der Waals surface area contributed by atoms with Crippen molar-refractivity contribution in [3.8, 4) is 0 Å². The summed E-state index contributed by atoms with van der Waals surface area (Å²) in [7, 11) is -3.13. The van der Waals surface area contributed by atoms with E-state index in [2.05, 4.69) is 0 Å². The van der Waals surface area contributed by atoms with Gasteiger partial charge in [0.05, 0.1) is 0 Å². The van der Waals surface area contributed by atoms with E-state index >= 15 is 0 Å². The van der Waals surface area contributed by atoms with Gasteiger partial charge in [-0.3, -0.25) is 4.46 Å². The van der Waals surface area contributed by atoms with Gasteiger partial charge in [0.1, 0.15) is 0 Å². The monoisotopic (exact) mass is 240 g/mol. The topological polar surface area (TPSA) is 121 Å². The Morgan fingerprint density at radius 3 is 0.889 bits per heavy atom. The standard InChI is InChI=1S/3Ca.H2O3Si.2H2O.6H/c;;;1-4(2)3;;;;;;;;/h;;;1-2H;2*1H2;;;;;;. The van der Waals surface area contributed by atoms with Gasteiger partial charge in [-0.05, 0) is 0 Å². The zero-order valence-corrected chi connectivity index (χ0v) is 3.80. The van der Waals surface area contributed by atoms with Crippen LogP contribution in [0.2, 0.25) is 0 Å². The molecule has 0 saturated carbocycles. The molecule has 0 aromatic rings. The quantitative estimate of drug-likeness (QED) is 0.410. The molecule has 0 unspecified atom stereocenters. The molecule has 0 spiro atoms. The van der Waals surface area contributed by atoms with Crippen LogP contribution in [0, 0.1) is 0 Å². The molecule has 6 N–H and O–H groups in total. The molecule has 0 aromatic heterocycles. The van der Waals surface area contributed by atoms with Crippen LogP contribution in [0.4, 0.5) is 0 Å². The molecule has 0 atom stereocenters. The van der Waals surface area contributed by atoms with Gasteiger partial charge in [-0.1, -0.05) is 0 Å². The molecule has 0 bridgehead atoms. The maximum absolute atomic E-state index is 8.74. The summed E-state index contributed by atoms with van der Waals surface area (Å²) in [6, 6.07) is 0. The van der Waals surface area contributed by atoms with Gasteiger partial charge in [0.15, 0.2) is 0 Å². The van der Waals surface area contributed by atoms with Crippen LogP contribution in [0.15, 0.2) is 0 Å². The first-order valence-corrected chi connectivity index (χ1v) is 1.95. The first kappa shape index (κ1) is 39.5. The third-order valence-corrected chi connectivity index (χ3v) is 0. The van der Waals surface area contributed by atoms with Crippen LogP contribution in [0.3, 0.4) is 0 Å². The molecule has 5 nitrogen and oxygen atoms in total. The van der Waals surface area contributed by atoms with E-state index in [0.717, 1.165) is 0 Å². The van der Waals surface area contributed by atoms with Gasteiger partial charge in [-0.2, -0.15) is 0 Å². The van der Waals surface area contributed by atoms with Crippen molar-refractivity contribution in [2.75, 3.05) is 0 Å². The van der Waals surface area contributed by atoms with Gasteiger partial charge in [-0.15, -0.1) is 0 Å². The van der Waals surface area contributed by atoms with E-state index in [1.807, 2.05) is 0 Å². The van der Waals surface area contributed by atoms with Gasteiger partial charge in [-0.25, -0.2) is 0 Å². The van der Waals surface area contributed by atoms with E-state index in [-0.39, 0.29) is 124 Å². The minimum atomic E-state index is -3.13. The molecule has 0 aliphatic heterocycles. The van der Waals surface area contributed by atoms with Crippen molar-refractivity contribution in [1.82, 2.24) is 0 Å². The first-order chi connectivity index (χ1) is 1.73. The van der Waals surface area contributed by atoms with Crippen molar-refractivity contribution >= 4 is 122 Å². The molecule has 0 saturated heterocycles. The van der Waals surface area contributed by atoms with Crippen LogP contribution in [0.1, 0.15) is 0 Å². The van der Waals surface area contributed by atoms with Crippen LogP contribution in [-0.4, -0.2) is 143 Å². The van der Waals surface area contributed by atoms with E-state index in [0.29, 0.717) is 0 Å². The predicted molar refractivity (Wildman–Crippen MR) is 43.7 cm³/mol. The van der Waals surface area contributed by atoms with Crippen molar-refractivity contribution in [2.24, 2.45) is 0 Å². The molecular formula is H12Ca3O5Si. The van der Waals surface area contributed by atoms with Crippen molar-refractivity contribution in [3.05, 3.63) is 0 Å². The predicted octanol–water partition coefficient (Wildman–Crippen LogP) is -6.01. The van der Waals surface area contributed by atoms with Gasteiger partial charge >= 0.3 is 122 Å². The molecule has 9 heavy (non-hydrogen) atoms. The first-order valence-electron chi connectivity index (χ1n) is 0.651. The fourth-order valence-corrected chi connectivity index (χ4v) is 0. The third kappa shape index (κ3) is 89.3. The summed E-state index contributed by atoms with van der Waals surface area (Å²) in [5.74, 6) is 0. The van der Waals surface area contributed by atoms with Gasteiger partial charge in [0, 0.05) is 0 Å². The second-order valence-electron chi connectivity index (χ2n) is 0.283. The molecule has 0 fully saturated rings. The van der Waals surface area contributed by atoms with Crippen LogP contribution in [0.25, 0.3) is 0 Å². The Kier molecular flexibility index (Phi) is 133. The Morgan fingerprint density at radius 2 is 0.889 bits per heavy atom. The van der Waals surface area contributed by atoms with Crippen LogP contribution in [0.5, 0.6) is 0 Å². The Labute approximate surface area is 144 Å². The normalized spacial score (nSPS) is 2.67. The molecule has 52 valence electrons. The van der Waals surface area contributed by atoms with E-state index in [4.69, 9.17) is 14.1 Å². The molecule has 0 aliphatic rings. The van der Waals surface area contributed by atoms with Crippen molar-refractivity contribution < 1.29 is 25.0 Å². The zero-order chi connectivity index (χ0) is 3.58. The number of hydrogen-bond acceptors (Lipinski definition) is 1. The summed E-state index contributed by atoms with van der Waals surface area (Å²) in [5.41, 5.74) is 0. The molecule has 0 aliphatic carbocycles. The molecule has 0 aromatic carbocycles. The third-order valence-electron chi connectivity index (χ3n) is 0. The van der Waals surface area contributed by atoms with E-state index < -0.39 is 9.17 Å². The van der Waals surface area contributed by atoms with E-state index in [9.17, 15) is 0 Å². The SMILES string of the molecule is O.O.O=[Si](O)O.[CaH2].[CaH2].[CaH2]. The molecule has 0 radical (unpaired) electrons. The molecule has 0 amide bonds. The summed E-state index contributed by atoms with van der Waals surface area (Å²) in [4.78, 5) is 14.3. The molecular weight excluding hydrogens is 228 g/mol. The summed E-state index contributed by atoms with van der Waals surface area (Å²) in [6.45, 7) is 0. The Hall–Kier alpha value is 3.32. The Morgan fingerprint density at radius 1 is 0.889 bits per heavy atom. The van der Waals surface area contributed by atoms with Gasteiger partial charge in [0.25, 0.3) is 0 Å². The molecule has 9 heteroatoms. The van der Waals surface area contributed by atoms with Crippen molar-refractivity contribution in [3.63, 3.8) is 0 Å². The van der Waals surface area contributed by atoms with Crippen molar-refractivity contribution in [2.45, 2.75) is 0 Å². The van der Waals surface area contributed by atoms with Crippen molar-refractivity contribution in [1.29, 1.82) is 0 Å². The van der Waals surface area contributed by atoms with Crippen LogP contribution in [-0.2, 0) is 4.46 Å². The summed E-state index contributed by atoms with van der Waals surface area (Å²) < 4.78 is 8.74.